The molecule has 12 heteroatoms. The molecule has 0 unspecified atom stereocenters. The molecule has 4 rings (SSSR count). The summed E-state index contributed by atoms with van der Waals surface area (Å²) in [5.41, 5.74) is 2.38. The number of nitrogens with zero attached hydrogens (tertiary/aromatic N) is 2. The van der Waals surface area contributed by atoms with E-state index in [0.717, 1.165) is 5.69 Å². The van der Waals surface area contributed by atoms with Crippen molar-refractivity contribution in [1.82, 2.24) is 9.62 Å². The van der Waals surface area contributed by atoms with Crippen molar-refractivity contribution in [1.29, 1.82) is 0 Å². The molecule has 0 atom stereocenters. The maximum Gasteiger partial charge on any atom is 0.390 e. The number of hydrogen-bond acceptors (Lipinski definition) is 6. The third-order valence-corrected chi connectivity index (χ3v) is 7.55. The van der Waals surface area contributed by atoms with E-state index >= 15 is 0 Å². The Morgan fingerprint density at radius 3 is 2.24 bits per heavy atom. The number of anilines is 1. The minimum atomic E-state index is -4.65. The van der Waals surface area contributed by atoms with Crippen molar-refractivity contribution in [2.45, 2.75) is 12.6 Å². The first-order valence-corrected chi connectivity index (χ1v) is 14.2. The third-order valence-electron chi connectivity index (χ3n) is 6.31. The first kappa shape index (κ1) is 29.5. The van der Waals surface area contributed by atoms with Gasteiger partial charge in [0.15, 0.2) is 0 Å². The lowest BCUT2D eigenvalue weighted by Gasteiger charge is -2.36. The number of sulfonamides is 1. The normalized spacial score (nSPS) is 13.7. The number of piperazine rings is 1. The van der Waals surface area contributed by atoms with Gasteiger partial charge < -0.3 is 14.9 Å². The van der Waals surface area contributed by atoms with Crippen LogP contribution in [0.25, 0.3) is 0 Å². The molecule has 1 aliphatic heterocycles. The smallest absolute Gasteiger partial charge is 0.390 e. The molecule has 2 amide bonds. The number of phenolic OH excluding ortho intramolecular Hbond substituents is 1. The molecule has 0 aromatic heterocycles. The molecule has 0 bridgehead atoms. The number of benzene rings is 3. The summed E-state index contributed by atoms with van der Waals surface area (Å²) in [6.07, 6.45) is -6.21. The summed E-state index contributed by atoms with van der Waals surface area (Å²) < 4.78 is 62.3. The monoisotopic (exact) mass is 585 g/mol. The summed E-state index contributed by atoms with van der Waals surface area (Å²) in [6, 6.07) is 19.6. The predicted octanol–water partition coefficient (Wildman–Crippen LogP) is 3.77. The van der Waals surface area contributed by atoms with Crippen LogP contribution in [0.1, 0.15) is 38.3 Å². The van der Waals surface area contributed by atoms with E-state index in [2.05, 4.69) is 11.8 Å². The van der Waals surface area contributed by atoms with Gasteiger partial charge in [0.1, 0.15) is 5.75 Å². The van der Waals surface area contributed by atoms with Crippen molar-refractivity contribution in [3.8, 4) is 17.6 Å². The molecule has 3 aromatic carbocycles. The van der Waals surface area contributed by atoms with E-state index in [4.69, 9.17) is 0 Å². The van der Waals surface area contributed by atoms with Crippen molar-refractivity contribution in [3.63, 3.8) is 0 Å². The second-order valence-electron chi connectivity index (χ2n) is 9.29. The van der Waals surface area contributed by atoms with Crippen LogP contribution in [0.15, 0.2) is 72.8 Å². The van der Waals surface area contributed by atoms with Gasteiger partial charge in [-0.15, -0.1) is 0 Å². The number of aromatic hydroxyl groups is 1. The lowest BCUT2D eigenvalue weighted by molar-refractivity contribution is -0.130. The predicted molar refractivity (Wildman–Crippen MR) is 147 cm³/mol. The quantitative estimate of drug-likeness (QED) is 0.427. The topological polar surface area (TPSA) is 107 Å². The van der Waals surface area contributed by atoms with Crippen LogP contribution < -0.4 is 9.62 Å². The maximum absolute atomic E-state index is 13.3. The van der Waals surface area contributed by atoms with Crippen LogP contribution in [0.3, 0.4) is 0 Å². The minimum Gasteiger partial charge on any atom is -0.508 e. The van der Waals surface area contributed by atoms with Gasteiger partial charge in [0, 0.05) is 48.6 Å². The van der Waals surface area contributed by atoms with Gasteiger partial charge in [-0.05, 0) is 54.6 Å². The van der Waals surface area contributed by atoms with Crippen LogP contribution in [0, 0.1) is 11.8 Å². The van der Waals surface area contributed by atoms with Crippen LogP contribution in [0.4, 0.5) is 18.9 Å². The zero-order valence-electron chi connectivity index (χ0n) is 21.7. The fourth-order valence-corrected chi connectivity index (χ4v) is 5.17. The lowest BCUT2D eigenvalue weighted by Crippen LogP contribution is -2.49. The Labute approximate surface area is 235 Å². The Hall–Kier alpha value is -4.50. The largest absolute Gasteiger partial charge is 0.508 e. The highest BCUT2D eigenvalue weighted by molar-refractivity contribution is 7.90. The van der Waals surface area contributed by atoms with Crippen LogP contribution in [-0.2, 0) is 10.0 Å². The highest BCUT2D eigenvalue weighted by atomic mass is 32.2. The van der Waals surface area contributed by atoms with Crippen LogP contribution >= 0.6 is 0 Å². The lowest BCUT2D eigenvalue weighted by atomic mass is 10.1. The molecule has 1 saturated heterocycles. The van der Waals surface area contributed by atoms with Gasteiger partial charge in [-0.3, -0.25) is 9.59 Å². The summed E-state index contributed by atoms with van der Waals surface area (Å²) in [5, 5.41) is 9.64. The highest BCUT2D eigenvalue weighted by Crippen LogP contribution is 2.21. The number of amides is 2. The first-order valence-electron chi connectivity index (χ1n) is 12.6. The molecule has 0 radical (unpaired) electrons. The number of phenols is 1. The van der Waals surface area contributed by atoms with E-state index in [1.54, 1.807) is 64.2 Å². The molecule has 1 fully saturated rings. The number of alkyl halides is 3. The molecule has 1 heterocycles. The van der Waals surface area contributed by atoms with Gasteiger partial charge in [0.25, 0.3) is 11.8 Å². The van der Waals surface area contributed by atoms with Crippen molar-refractivity contribution in [2.75, 3.05) is 36.8 Å². The summed E-state index contributed by atoms with van der Waals surface area (Å²) in [6.45, 7) is 1.85. The number of hydrogen-bond donors (Lipinski definition) is 2. The van der Waals surface area contributed by atoms with Gasteiger partial charge in [-0.1, -0.05) is 30.0 Å². The second kappa shape index (κ2) is 12.3. The summed E-state index contributed by atoms with van der Waals surface area (Å²) in [7, 11) is -4.44. The number of halogens is 3. The van der Waals surface area contributed by atoms with Gasteiger partial charge in [-0.2, -0.15) is 13.2 Å². The number of carbonyl (C=O) groups is 2. The van der Waals surface area contributed by atoms with E-state index in [1.165, 1.54) is 18.2 Å². The first-order chi connectivity index (χ1) is 19.4. The summed E-state index contributed by atoms with van der Waals surface area (Å²) >= 11 is 0. The van der Waals surface area contributed by atoms with E-state index in [0.29, 0.717) is 42.9 Å². The number of nitrogens with one attached hydrogen (secondary N) is 1. The fraction of sp³-hybridized carbons (Fsp3) is 0.241. The summed E-state index contributed by atoms with van der Waals surface area (Å²) in [5.74, 6) is 3.67. The molecule has 0 spiro atoms. The number of rotatable bonds is 6. The average Bonchev–Trinajstić information content (AvgIpc) is 2.94. The van der Waals surface area contributed by atoms with E-state index < -0.39 is 34.3 Å². The molecule has 41 heavy (non-hydrogen) atoms. The zero-order chi connectivity index (χ0) is 29.6. The van der Waals surface area contributed by atoms with Gasteiger partial charge in [0.2, 0.25) is 10.0 Å². The molecule has 3 aromatic rings. The molecule has 2 N–H and O–H groups in total. The molecule has 1 aliphatic rings. The molecule has 0 saturated carbocycles. The zero-order valence-corrected chi connectivity index (χ0v) is 22.5. The number of carbonyl (C=O) groups excluding carboxylic acids is 2. The van der Waals surface area contributed by atoms with Crippen molar-refractivity contribution < 1.29 is 36.3 Å². The Balaban J connectivity index is 1.35. The molecular weight excluding hydrogens is 559 g/mol. The van der Waals surface area contributed by atoms with Crippen molar-refractivity contribution in [3.05, 3.63) is 95.1 Å². The fourth-order valence-electron chi connectivity index (χ4n) is 4.16. The minimum absolute atomic E-state index is 0.0124. The van der Waals surface area contributed by atoms with Crippen molar-refractivity contribution in [2.24, 2.45) is 0 Å². The molecule has 214 valence electrons. The van der Waals surface area contributed by atoms with E-state index in [-0.39, 0.29) is 17.2 Å². The summed E-state index contributed by atoms with van der Waals surface area (Å²) in [4.78, 5) is 29.3. The maximum atomic E-state index is 13.3. The molecular formula is C29H26F3N3O5S. The van der Waals surface area contributed by atoms with Gasteiger partial charge in [-0.25, -0.2) is 13.1 Å². The second-order valence-corrected chi connectivity index (χ2v) is 11.1. The molecule has 8 nitrogen and oxygen atoms in total. The SMILES string of the molecule is O=C(NS(=O)(=O)CCC(F)(F)F)c1ccc(N2CCN(C(=O)c3ccccc3C#Cc3cccc(O)c3)CC2)cc1. The standard InChI is InChI=1S/C29H26F3N3O5S/c30-29(31,32)14-19-41(39,40)33-27(37)23-10-12-24(13-11-23)34-15-17-35(18-16-34)28(38)26-7-2-1-5-22(26)9-8-21-4-3-6-25(36)20-21/h1-7,10-13,20,36H,14-19H2,(H,33,37). The highest BCUT2D eigenvalue weighted by Gasteiger charge is 2.30. The Kier molecular flexibility index (Phi) is 8.88. The van der Waals surface area contributed by atoms with Crippen LogP contribution in [0.2, 0.25) is 0 Å². The Morgan fingerprint density at radius 1 is 0.902 bits per heavy atom. The Bertz CT molecular complexity index is 1590. The van der Waals surface area contributed by atoms with Crippen LogP contribution in [0.5, 0.6) is 5.75 Å². The van der Waals surface area contributed by atoms with Crippen LogP contribution in [-0.4, -0.2) is 68.3 Å². The van der Waals surface area contributed by atoms with E-state index in [1.807, 2.05) is 4.90 Å². The Morgan fingerprint density at radius 2 is 1.59 bits per heavy atom. The third kappa shape index (κ3) is 8.25. The average molecular weight is 586 g/mol. The van der Waals surface area contributed by atoms with Crippen molar-refractivity contribution >= 4 is 27.5 Å². The van der Waals surface area contributed by atoms with E-state index in [9.17, 15) is 36.3 Å². The van der Waals surface area contributed by atoms with Gasteiger partial charge in [0.05, 0.1) is 17.7 Å². The van der Waals surface area contributed by atoms with Gasteiger partial charge >= 0.3 is 6.18 Å². The molecule has 0 aliphatic carbocycles.